The van der Waals surface area contributed by atoms with Crippen LogP contribution < -0.4 is 15.2 Å². The number of alkyl halides is 3. The van der Waals surface area contributed by atoms with Crippen molar-refractivity contribution in [2.75, 3.05) is 18.6 Å². The fourth-order valence-electron chi connectivity index (χ4n) is 2.83. The minimum Gasteiger partial charge on any atom is -0.475 e. The molecule has 0 N–H and O–H groups in total. The summed E-state index contributed by atoms with van der Waals surface area (Å²) in [5.74, 6) is -1.24. The third-order valence-electron chi connectivity index (χ3n) is 4.21. The van der Waals surface area contributed by atoms with Crippen molar-refractivity contribution in [1.29, 1.82) is 0 Å². The van der Waals surface area contributed by atoms with Crippen molar-refractivity contribution < 1.29 is 32.2 Å². The average Bonchev–Trinajstić information content (AvgIpc) is 2.68. The van der Waals surface area contributed by atoms with Gasteiger partial charge in [-0.25, -0.2) is 4.79 Å². The molecule has 1 aromatic carbocycles. The molecule has 0 saturated carbocycles. The topological polar surface area (TPSA) is 77.8 Å². The number of hydrogen-bond acceptors (Lipinski definition) is 5. The zero-order valence-corrected chi connectivity index (χ0v) is 15.7. The standard InChI is InChI=1S/C18H14ClF3N2O5/c1-28-17(27)14-8-24(12-4-2-3-5-13(12)29-14)15(25)9-23-7-10(18(20,21)22)6-11(19)16(23)26/h2-7,14H,8-9H2,1H3/t14-/m1/s1. The van der Waals surface area contributed by atoms with E-state index in [4.69, 9.17) is 16.3 Å². The van der Waals surface area contributed by atoms with Gasteiger partial charge in [-0.2, -0.15) is 13.2 Å². The van der Waals surface area contributed by atoms with Gasteiger partial charge in [0.1, 0.15) is 17.3 Å². The number of nitrogens with zero attached hydrogens (tertiary/aromatic N) is 2. The maximum Gasteiger partial charge on any atom is 0.417 e. The van der Waals surface area contributed by atoms with Gasteiger partial charge in [0.25, 0.3) is 5.56 Å². The Balaban J connectivity index is 1.95. The molecule has 1 amide bonds. The Labute approximate surface area is 167 Å². The van der Waals surface area contributed by atoms with E-state index in [1.165, 1.54) is 6.07 Å². The normalized spacial score (nSPS) is 16.0. The largest absolute Gasteiger partial charge is 0.475 e. The Morgan fingerprint density at radius 1 is 1.31 bits per heavy atom. The van der Waals surface area contributed by atoms with Crippen LogP contribution in [0.5, 0.6) is 5.75 Å². The van der Waals surface area contributed by atoms with E-state index in [1.807, 2.05) is 0 Å². The van der Waals surface area contributed by atoms with Gasteiger partial charge in [0.05, 0.1) is 24.9 Å². The van der Waals surface area contributed by atoms with Crippen molar-refractivity contribution in [3.05, 3.63) is 57.5 Å². The number of para-hydroxylation sites is 2. The first-order valence-electron chi connectivity index (χ1n) is 8.23. The van der Waals surface area contributed by atoms with E-state index >= 15 is 0 Å². The molecule has 3 rings (SSSR count). The second kappa shape index (κ2) is 7.78. The van der Waals surface area contributed by atoms with Crippen molar-refractivity contribution in [2.45, 2.75) is 18.8 Å². The third kappa shape index (κ3) is 4.21. The number of esters is 1. The van der Waals surface area contributed by atoms with Crippen LogP contribution in [0.1, 0.15) is 5.56 Å². The van der Waals surface area contributed by atoms with Crippen LogP contribution in [0.3, 0.4) is 0 Å². The van der Waals surface area contributed by atoms with Crippen LogP contribution in [-0.4, -0.2) is 36.2 Å². The lowest BCUT2D eigenvalue weighted by molar-refractivity contribution is -0.148. The van der Waals surface area contributed by atoms with E-state index in [9.17, 15) is 27.6 Å². The highest BCUT2D eigenvalue weighted by atomic mass is 35.5. The summed E-state index contributed by atoms with van der Waals surface area (Å²) < 4.78 is 49.8. The van der Waals surface area contributed by atoms with Crippen LogP contribution >= 0.6 is 11.6 Å². The number of fused-ring (bicyclic) bond motifs is 1. The van der Waals surface area contributed by atoms with Crippen LogP contribution in [0.4, 0.5) is 18.9 Å². The summed E-state index contributed by atoms with van der Waals surface area (Å²) in [6, 6.07) is 6.81. The lowest BCUT2D eigenvalue weighted by Crippen LogP contribution is -2.49. The van der Waals surface area contributed by atoms with Gasteiger partial charge in [-0.1, -0.05) is 23.7 Å². The molecule has 0 saturated heterocycles. The van der Waals surface area contributed by atoms with Gasteiger partial charge >= 0.3 is 12.1 Å². The molecule has 0 fully saturated rings. The van der Waals surface area contributed by atoms with E-state index in [1.54, 1.807) is 18.2 Å². The van der Waals surface area contributed by atoms with E-state index in [0.717, 1.165) is 12.0 Å². The van der Waals surface area contributed by atoms with Crippen LogP contribution in [0.2, 0.25) is 5.02 Å². The smallest absolute Gasteiger partial charge is 0.417 e. The minimum atomic E-state index is -4.75. The Morgan fingerprint density at radius 2 is 2.00 bits per heavy atom. The number of hydrogen-bond donors (Lipinski definition) is 0. The molecule has 0 radical (unpaired) electrons. The first-order valence-corrected chi connectivity index (χ1v) is 8.60. The maximum absolute atomic E-state index is 13.0. The molecule has 11 heteroatoms. The van der Waals surface area contributed by atoms with E-state index in [0.29, 0.717) is 22.5 Å². The number of ether oxygens (including phenoxy) is 2. The van der Waals surface area contributed by atoms with Crippen molar-refractivity contribution in [1.82, 2.24) is 4.57 Å². The number of carbonyl (C=O) groups is 2. The summed E-state index contributed by atoms with van der Waals surface area (Å²) in [5.41, 5.74) is -1.80. The predicted octanol–water partition coefficient (Wildman–Crippen LogP) is 2.49. The van der Waals surface area contributed by atoms with Crippen LogP contribution in [0.15, 0.2) is 41.3 Å². The number of amides is 1. The van der Waals surface area contributed by atoms with Gasteiger partial charge < -0.3 is 18.9 Å². The second-order valence-electron chi connectivity index (χ2n) is 6.11. The Kier molecular flexibility index (Phi) is 5.56. The first-order chi connectivity index (χ1) is 13.6. The number of pyridine rings is 1. The molecule has 0 spiro atoms. The van der Waals surface area contributed by atoms with Gasteiger partial charge in [0.2, 0.25) is 12.0 Å². The molecular weight excluding hydrogens is 417 g/mol. The molecule has 1 aliphatic rings. The van der Waals surface area contributed by atoms with Crippen molar-refractivity contribution in [3.8, 4) is 5.75 Å². The van der Waals surface area contributed by atoms with Gasteiger partial charge in [-0.3, -0.25) is 9.59 Å². The van der Waals surface area contributed by atoms with Gasteiger partial charge in [-0.05, 0) is 18.2 Å². The number of carbonyl (C=O) groups excluding carboxylic acids is 2. The fraction of sp³-hybridized carbons (Fsp3) is 0.278. The molecule has 1 atom stereocenters. The number of methoxy groups -OCH3 is 1. The highest BCUT2D eigenvalue weighted by molar-refractivity contribution is 6.30. The second-order valence-corrected chi connectivity index (χ2v) is 6.52. The Morgan fingerprint density at radius 3 is 2.66 bits per heavy atom. The summed E-state index contributed by atoms with van der Waals surface area (Å²) in [5, 5.41) is -0.664. The number of rotatable bonds is 3. The van der Waals surface area contributed by atoms with Gasteiger partial charge in [0.15, 0.2) is 0 Å². The van der Waals surface area contributed by atoms with E-state index < -0.39 is 46.8 Å². The van der Waals surface area contributed by atoms with Crippen LogP contribution in [-0.2, 0) is 27.0 Å². The molecule has 29 heavy (non-hydrogen) atoms. The van der Waals surface area contributed by atoms with Crippen molar-refractivity contribution in [3.63, 3.8) is 0 Å². The third-order valence-corrected chi connectivity index (χ3v) is 4.48. The van der Waals surface area contributed by atoms with Gasteiger partial charge in [-0.15, -0.1) is 0 Å². The van der Waals surface area contributed by atoms with Gasteiger partial charge in [0, 0.05) is 6.20 Å². The van der Waals surface area contributed by atoms with E-state index in [2.05, 4.69) is 4.74 Å². The quantitative estimate of drug-likeness (QED) is 0.699. The summed E-state index contributed by atoms with van der Waals surface area (Å²) in [6.45, 7) is -0.950. The molecular formula is C18H14ClF3N2O5. The van der Waals surface area contributed by atoms with Crippen molar-refractivity contribution >= 4 is 29.2 Å². The number of halogens is 4. The minimum absolute atomic E-state index is 0.219. The highest BCUT2D eigenvalue weighted by Crippen LogP contribution is 2.34. The number of benzene rings is 1. The highest BCUT2D eigenvalue weighted by Gasteiger charge is 2.35. The lowest BCUT2D eigenvalue weighted by atomic mass is 10.2. The predicted molar refractivity (Wildman–Crippen MR) is 95.9 cm³/mol. The lowest BCUT2D eigenvalue weighted by Gasteiger charge is -2.33. The molecule has 2 heterocycles. The summed E-state index contributed by atoms with van der Waals surface area (Å²) in [7, 11) is 1.16. The summed E-state index contributed by atoms with van der Waals surface area (Å²) >= 11 is 5.62. The summed E-state index contributed by atoms with van der Waals surface area (Å²) in [6.07, 6.45) is -5.35. The van der Waals surface area contributed by atoms with E-state index in [-0.39, 0.29) is 12.3 Å². The zero-order valence-electron chi connectivity index (χ0n) is 14.9. The molecule has 0 unspecified atom stereocenters. The maximum atomic E-state index is 13.0. The van der Waals surface area contributed by atoms with Crippen LogP contribution in [0, 0.1) is 0 Å². The average molecular weight is 431 g/mol. The Hall–Kier alpha value is -3.01. The zero-order chi connectivity index (χ0) is 21.3. The molecule has 1 aromatic heterocycles. The molecule has 0 bridgehead atoms. The molecule has 1 aliphatic heterocycles. The first kappa shape index (κ1) is 20.7. The molecule has 0 aliphatic carbocycles. The fourth-order valence-corrected chi connectivity index (χ4v) is 3.05. The molecule has 2 aromatic rings. The molecule has 154 valence electrons. The number of anilines is 1. The monoisotopic (exact) mass is 430 g/mol. The Bertz CT molecular complexity index is 1020. The molecule has 7 nitrogen and oxygen atoms in total. The van der Waals surface area contributed by atoms with Crippen molar-refractivity contribution in [2.24, 2.45) is 0 Å². The van der Waals surface area contributed by atoms with Crippen LogP contribution in [0.25, 0.3) is 0 Å². The SMILES string of the molecule is COC(=O)[C@H]1CN(C(=O)Cn2cc(C(F)(F)F)cc(Cl)c2=O)c2ccccc2O1. The number of aromatic nitrogens is 1. The summed E-state index contributed by atoms with van der Waals surface area (Å²) in [4.78, 5) is 38.0.